The van der Waals surface area contributed by atoms with Crippen molar-refractivity contribution in [3.63, 3.8) is 0 Å². The standard InChI is InChI=1S/C13H15ClO4/c1-8(15)13-5-10-11(17-7-9(16)6-14)3-2-4-12(10)18-13/h2-5,8-9,15-16H,6-7H2,1H3. The highest BCUT2D eigenvalue weighted by molar-refractivity contribution is 6.18. The molecule has 18 heavy (non-hydrogen) atoms. The second-order valence-electron chi connectivity index (χ2n) is 4.11. The summed E-state index contributed by atoms with van der Waals surface area (Å²) in [6.45, 7) is 1.76. The summed E-state index contributed by atoms with van der Waals surface area (Å²) in [4.78, 5) is 0. The molecule has 1 aromatic carbocycles. The van der Waals surface area contributed by atoms with Gasteiger partial charge in [-0.15, -0.1) is 11.6 Å². The van der Waals surface area contributed by atoms with E-state index in [0.717, 1.165) is 5.39 Å². The van der Waals surface area contributed by atoms with E-state index in [1.807, 2.05) is 0 Å². The van der Waals surface area contributed by atoms with Crippen LogP contribution in [0.25, 0.3) is 11.0 Å². The highest BCUT2D eigenvalue weighted by Crippen LogP contribution is 2.31. The van der Waals surface area contributed by atoms with E-state index < -0.39 is 12.2 Å². The Labute approximate surface area is 110 Å². The minimum Gasteiger partial charge on any atom is -0.490 e. The van der Waals surface area contributed by atoms with E-state index in [-0.39, 0.29) is 12.5 Å². The van der Waals surface area contributed by atoms with Gasteiger partial charge in [-0.2, -0.15) is 0 Å². The van der Waals surface area contributed by atoms with Gasteiger partial charge in [-0.3, -0.25) is 0 Å². The molecule has 0 aliphatic rings. The average Bonchev–Trinajstić information content (AvgIpc) is 2.80. The van der Waals surface area contributed by atoms with Crippen molar-refractivity contribution in [2.24, 2.45) is 0 Å². The lowest BCUT2D eigenvalue weighted by molar-refractivity contribution is 0.126. The fourth-order valence-corrected chi connectivity index (χ4v) is 1.71. The van der Waals surface area contributed by atoms with Gasteiger partial charge in [0.15, 0.2) is 0 Å². The third-order valence-electron chi connectivity index (χ3n) is 2.56. The van der Waals surface area contributed by atoms with Crippen molar-refractivity contribution in [2.45, 2.75) is 19.1 Å². The lowest BCUT2D eigenvalue weighted by Gasteiger charge is -2.09. The van der Waals surface area contributed by atoms with Gasteiger partial charge >= 0.3 is 0 Å². The summed E-state index contributed by atoms with van der Waals surface area (Å²) in [6.07, 6.45) is -1.37. The summed E-state index contributed by atoms with van der Waals surface area (Å²) in [7, 11) is 0. The number of alkyl halides is 1. The number of rotatable bonds is 5. The van der Waals surface area contributed by atoms with Gasteiger partial charge in [-0.25, -0.2) is 0 Å². The van der Waals surface area contributed by atoms with Crippen LogP contribution in [0.5, 0.6) is 5.75 Å². The van der Waals surface area contributed by atoms with Crippen LogP contribution in [0, 0.1) is 0 Å². The molecule has 2 atom stereocenters. The molecule has 0 aliphatic heterocycles. The third kappa shape index (κ3) is 2.77. The van der Waals surface area contributed by atoms with Crippen LogP contribution in [-0.4, -0.2) is 28.8 Å². The number of hydrogen-bond acceptors (Lipinski definition) is 4. The number of hydrogen-bond donors (Lipinski definition) is 2. The third-order valence-corrected chi connectivity index (χ3v) is 2.92. The maximum Gasteiger partial charge on any atom is 0.138 e. The Kier molecular flexibility index (Phi) is 4.11. The van der Waals surface area contributed by atoms with Crippen LogP contribution in [0.15, 0.2) is 28.7 Å². The molecule has 5 heteroatoms. The van der Waals surface area contributed by atoms with Gasteiger partial charge in [0.2, 0.25) is 0 Å². The first-order valence-corrected chi connectivity index (χ1v) is 6.22. The highest BCUT2D eigenvalue weighted by Gasteiger charge is 2.12. The highest BCUT2D eigenvalue weighted by atomic mass is 35.5. The van der Waals surface area contributed by atoms with Crippen LogP contribution in [0.1, 0.15) is 18.8 Å². The summed E-state index contributed by atoms with van der Waals surface area (Å²) < 4.78 is 11.0. The van der Waals surface area contributed by atoms with E-state index in [9.17, 15) is 10.2 Å². The van der Waals surface area contributed by atoms with Gasteiger partial charge in [0.05, 0.1) is 11.3 Å². The fourth-order valence-electron chi connectivity index (χ4n) is 1.62. The smallest absolute Gasteiger partial charge is 0.138 e. The van der Waals surface area contributed by atoms with Crippen LogP contribution in [0.4, 0.5) is 0 Å². The zero-order chi connectivity index (χ0) is 13.1. The fraction of sp³-hybridized carbons (Fsp3) is 0.385. The summed E-state index contributed by atoms with van der Waals surface area (Å²) in [5.41, 5.74) is 0.642. The molecule has 0 bridgehead atoms. The molecule has 2 N–H and O–H groups in total. The average molecular weight is 271 g/mol. The molecule has 0 fully saturated rings. The number of furan rings is 1. The lowest BCUT2D eigenvalue weighted by Crippen LogP contribution is -2.18. The molecule has 0 saturated carbocycles. The Morgan fingerprint density at radius 3 is 2.83 bits per heavy atom. The van der Waals surface area contributed by atoms with E-state index in [2.05, 4.69) is 0 Å². The van der Waals surface area contributed by atoms with E-state index in [4.69, 9.17) is 20.8 Å². The molecule has 1 heterocycles. The molecule has 0 spiro atoms. The first-order valence-electron chi connectivity index (χ1n) is 5.69. The van der Waals surface area contributed by atoms with Gasteiger partial charge in [0.25, 0.3) is 0 Å². The molecule has 98 valence electrons. The van der Waals surface area contributed by atoms with Gasteiger partial charge in [0, 0.05) is 0 Å². The summed E-state index contributed by atoms with van der Waals surface area (Å²) >= 11 is 5.50. The van der Waals surface area contributed by atoms with E-state index in [1.165, 1.54) is 0 Å². The van der Waals surface area contributed by atoms with Crippen LogP contribution in [-0.2, 0) is 0 Å². The molecular formula is C13H15ClO4. The van der Waals surface area contributed by atoms with Gasteiger partial charge < -0.3 is 19.4 Å². The second-order valence-corrected chi connectivity index (χ2v) is 4.42. The number of aliphatic hydroxyl groups excluding tert-OH is 2. The number of ether oxygens (including phenoxy) is 1. The molecule has 0 amide bonds. The second kappa shape index (κ2) is 5.61. The maximum atomic E-state index is 9.48. The molecule has 0 saturated heterocycles. The minimum atomic E-state index is -0.704. The largest absolute Gasteiger partial charge is 0.490 e. The van der Waals surface area contributed by atoms with Crippen LogP contribution in [0.2, 0.25) is 0 Å². The Balaban J connectivity index is 2.27. The van der Waals surface area contributed by atoms with Gasteiger partial charge in [-0.05, 0) is 25.1 Å². The van der Waals surface area contributed by atoms with Gasteiger partial charge in [0.1, 0.15) is 35.9 Å². The Morgan fingerprint density at radius 2 is 2.17 bits per heavy atom. The van der Waals surface area contributed by atoms with Crippen molar-refractivity contribution in [1.82, 2.24) is 0 Å². The molecule has 2 rings (SSSR count). The summed E-state index contributed by atoms with van der Waals surface area (Å²) in [6, 6.07) is 7.11. The number of aliphatic hydroxyl groups is 2. The van der Waals surface area contributed by atoms with E-state index in [1.54, 1.807) is 31.2 Å². The number of fused-ring (bicyclic) bond motifs is 1. The summed E-state index contributed by atoms with van der Waals surface area (Å²) in [5, 5.41) is 19.6. The van der Waals surface area contributed by atoms with Crippen LogP contribution < -0.4 is 4.74 Å². The Bertz CT molecular complexity index is 521. The zero-order valence-electron chi connectivity index (χ0n) is 9.97. The predicted octanol–water partition coefficient (Wildman–Crippen LogP) is 2.46. The molecule has 2 unspecified atom stereocenters. The monoisotopic (exact) mass is 270 g/mol. The van der Waals surface area contributed by atoms with Crippen molar-refractivity contribution in [1.29, 1.82) is 0 Å². The topological polar surface area (TPSA) is 62.8 Å². The van der Waals surface area contributed by atoms with Crippen LogP contribution >= 0.6 is 11.6 Å². The number of halogens is 1. The molecule has 2 aromatic rings. The van der Waals surface area contributed by atoms with Gasteiger partial charge in [-0.1, -0.05) is 6.07 Å². The van der Waals surface area contributed by atoms with E-state index in [0.29, 0.717) is 17.1 Å². The van der Waals surface area contributed by atoms with E-state index >= 15 is 0 Å². The predicted molar refractivity (Wildman–Crippen MR) is 69.1 cm³/mol. The normalized spacial score (nSPS) is 14.7. The van der Waals surface area contributed by atoms with Crippen molar-refractivity contribution < 1.29 is 19.4 Å². The maximum absolute atomic E-state index is 9.48. The molecule has 1 aromatic heterocycles. The lowest BCUT2D eigenvalue weighted by atomic mass is 10.2. The molecular weight excluding hydrogens is 256 g/mol. The van der Waals surface area contributed by atoms with Crippen LogP contribution in [0.3, 0.4) is 0 Å². The number of benzene rings is 1. The summed E-state index contributed by atoms with van der Waals surface area (Å²) in [5.74, 6) is 1.21. The SMILES string of the molecule is CC(O)c1cc2c(OCC(O)CCl)cccc2o1. The Morgan fingerprint density at radius 1 is 1.39 bits per heavy atom. The Hall–Kier alpha value is -1.23. The zero-order valence-corrected chi connectivity index (χ0v) is 10.7. The first-order chi connectivity index (χ1) is 8.61. The molecule has 0 radical (unpaired) electrons. The quantitative estimate of drug-likeness (QED) is 0.820. The van der Waals surface area contributed by atoms with Crippen molar-refractivity contribution in [2.75, 3.05) is 12.5 Å². The van der Waals surface area contributed by atoms with Crippen molar-refractivity contribution >= 4 is 22.6 Å². The molecule has 4 nitrogen and oxygen atoms in total. The molecule has 0 aliphatic carbocycles. The minimum absolute atomic E-state index is 0.123. The van der Waals surface area contributed by atoms with Crippen molar-refractivity contribution in [3.05, 3.63) is 30.0 Å². The van der Waals surface area contributed by atoms with Crippen molar-refractivity contribution in [3.8, 4) is 5.75 Å². The first kappa shape index (κ1) is 13.2.